The highest BCUT2D eigenvalue weighted by atomic mass is 79.9. The van der Waals surface area contributed by atoms with Gasteiger partial charge in [0.05, 0.1) is 5.75 Å². The van der Waals surface area contributed by atoms with Crippen LogP contribution in [0.5, 0.6) is 0 Å². The maximum absolute atomic E-state index is 13.4. The summed E-state index contributed by atoms with van der Waals surface area (Å²) in [4.78, 5) is 28.1. The first-order chi connectivity index (χ1) is 16.0. The lowest BCUT2D eigenvalue weighted by Gasteiger charge is -2.31. The molecule has 0 spiro atoms. The van der Waals surface area contributed by atoms with Gasteiger partial charge in [-0.05, 0) is 35.7 Å². The van der Waals surface area contributed by atoms with Crippen molar-refractivity contribution in [3.05, 3.63) is 106 Å². The summed E-state index contributed by atoms with van der Waals surface area (Å²) >= 11 is 5.08. The van der Waals surface area contributed by atoms with Gasteiger partial charge >= 0.3 is 0 Å². The number of hydrogen-bond acceptors (Lipinski definition) is 3. The van der Waals surface area contributed by atoms with Gasteiger partial charge in [0, 0.05) is 30.2 Å². The van der Waals surface area contributed by atoms with Gasteiger partial charge in [0.1, 0.15) is 6.04 Å². The number of carbonyl (C=O) groups excluding carboxylic acids is 2. The molecule has 0 radical (unpaired) electrons. The molecular formula is C27H29BrN2O2S. The quantitative estimate of drug-likeness (QED) is 0.387. The van der Waals surface area contributed by atoms with Gasteiger partial charge in [-0.15, -0.1) is 11.8 Å². The Bertz CT molecular complexity index is 1060. The number of rotatable bonds is 10. The fourth-order valence-corrected chi connectivity index (χ4v) is 4.89. The maximum atomic E-state index is 13.4. The van der Waals surface area contributed by atoms with Crippen LogP contribution in [0.15, 0.2) is 83.3 Å². The third-order valence-electron chi connectivity index (χ3n) is 5.37. The van der Waals surface area contributed by atoms with Crippen LogP contribution >= 0.6 is 27.7 Å². The lowest BCUT2D eigenvalue weighted by atomic mass is 10.0. The van der Waals surface area contributed by atoms with Crippen LogP contribution in [-0.4, -0.2) is 35.6 Å². The number of halogens is 1. The van der Waals surface area contributed by atoms with Crippen LogP contribution in [0.4, 0.5) is 0 Å². The Kier molecular flexibility index (Phi) is 9.58. The molecular weight excluding hydrogens is 496 g/mol. The van der Waals surface area contributed by atoms with Gasteiger partial charge in [-0.1, -0.05) is 88.2 Å². The summed E-state index contributed by atoms with van der Waals surface area (Å²) in [6.45, 7) is 2.43. The molecule has 0 unspecified atom stereocenters. The number of thioether (sulfide) groups is 1. The maximum Gasteiger partial charge on any atom is 0.242 e. The SMILES string of the molecule is CNC(=O)[C@H](Cc1ccccc1)N(Cc1cccc(Br)c1)C(=O)CSCc1ccc(C)cc1. The fraction of sp³-hybridized carbons (Fsp3) is 0.259. The zero-order valence-electron chi connectivity index (χ0n) is 19.0. The van der Waals surface area contributed by atoms with Crippen LogP contribution in [0.1, 0.15) is 22.3 Å². The summed E-state index contributed by atoms with van der Waals surface area (Å²) in [6, 6.07) is 25.5. The number of aryl methyl sites for hydroxylation is 1. The Morgan fingerprint density at radius 3 is 2.30 bits per heavy atom. The van der Waals surface area contributed by atoms with E-state index in [0.29, 0.717) is 18.7 Å². The topological polar surface area (TPSA) is 49.4 Å². The molecule has 0 heterocycles. The summed E-state index contributed by atoms with van der Waals surface area (Å²) in [5.74, 6) is 0.854. The van der Waals surface area contributed by atoms with E-state index in [1.807, 2.05) is 54.6 Å². The number of amides is 2. The van der Waals surface area contributed by atoms with Gasteiger partial charge in [-0.2, -0.15) is 0 Å². The molecule has 3 aromatic rings. The van der Waals surface area contributed by atoms with E-state index in [-0.39, 0.29) is 11.8 Å². The minimum Gasteiger partial charge on any atom is -0.357 e. The molecule has 0 aliphatic carbocycles. The van der Waals surface area contributed by atoms with Crippen molar-refractivity contribution in [1.82, 2.24) is 10.2 Å². The smallest absolute Gasteiger partial charge is 0.242 e. The van der Waals surface area contributed by atoms with E-state index in [2.05, 4.69) is 52.4 Å². The number of benzene rings is 3. The van der Waals surface area contributed by atoms with Crippen LogP contribution in [0.3, 0.4) is 0 Å². The molecule has 172 valence electrons. The predicted molar refractivity (Wildman–Crippen MR) is 140 cm³/mol. The van der Waals surface area contributed by atoms with Crippen molar-refractivity contribution in [3.63, 3.8) is 0 Å². The Balaban J connectivity index is 1.80. The minimum absolute atomic E-state index is 0.0448. The van der Waals surface area contributed by atoms with Crippen molar-refractivity contribution in [3.8, 4) is 0 Å². The Morgan fingerprint density at radius 1 is 0.939 bits per heavy atom. The van der Waals surface area contributed by atoms with Crippen LogP contribution in [-0.2, 0) is 28.3 Å². The molecule has 0 aliphatic heterocycles. The van der Waals surface area contributed by atoms with Gasteiger partial charge in [-0.3, -0.25) is 9.59 Å². The molecule has 0 aliphatic rings. The molecule has 1 N–H and O–H groups in total. The first-order valence-corrected chi connectivity index (χ1v) is 12.8. The average molecular weight is 526 g/mol. The summed E-state index contributed by atoms with van der Waals surface area (Å²) < 4.78 is 0.945. The minimum atomic E-state index is -0.594. The molecule has 0 aromatic heterocycles. The highest BCUT2D eigenvalue weighted by Gasteiger charge is 2.29. The number of nitrogens with zero attached hydrogens (tertiary/aromatic N) is 1. The lowest BCUT2D eigenvalue weighted by molar-refractivity contribution is -0.139. The standard InChI is InChI=1S/C27H29BrN2O2S/c1-20-11-13-22(14-12-20)18-33-19-26(31)30(17-23-9-6-10-24(28)15-23)25(27(32)29-2)16-21-7-4-3-5-8-21/h3-15,25H,16-19H2,1-2H3,(H,29,32)/t25-/m0/s1. The molecule has 6 heteroatoms. The Morgan fingerprint density at radius 2 is 1.64 bits per heavy atom. The molecule has 4 nitrogen and oxygen atoms in total. The lowest BCUT2D eigenvalue weighted by Crippen LogP contribution is -2.50. The second-order valence-electron chi connectivity index (χ2n) is 7.95. The third kappa shape index (κ3) is 7.76. The third-order valence-corrected chi connectivity index (χ3v) is 6.86. The van der Waals surface area contributed by atoms with Crippen molar-refractivity contribution in [2.45, 2.75) is 31.7 Å². The van der Waals surface area contributed by atoms with Crippen LogP contribution in [0.2, 0.25) is 0 Å². The molecule has 0 bridgehead atoms. The van der Waals surface area contributed by atoms with Crippen LogP contribution in [0.25, 0.3) is 0 Å². The monoisotopic (exact) mass is 524 g/mol. The van der Waals surface area contributed by atoms with Crippen molar-refractivity contribution in [1.29, 1.82) is 0 Å². The van der Waals surface area contributed by atoms with Crippen LogP contribution < -0.4 is 5.32 Å². The van der Waals surface area contributed by atoms with Crippen molar-refractivity contribution < 1.29 is 9.59 Å². The number of carbonyl (C=O) groups is 2. The fourth-order valence-electron chi connectivity index (χ4n) is 3.58. The van der Waals surface area contributed by atoms with E-state index in [1.54, 1.807) is 23.7 Å². The van der Waals surface area contributed by atoms with E-state index in [0.717, 1.165) is 21.4 Å². The van der Waals surface area contributed by atoms with Gasteiger partial charge in [0.15, 0.2) is 0 Å². The first-order valence-electron chi connectivity index (χ1n) is 10.9. The highest BCUT2D eigenvalue weighted by Crippen LogP contribution is 2.20. The summed E-state index contributed by atoms with van der Waals surface area (Å²) in [6.07, 6.45) is 0.461. The van der Waals surface area contributed by atoms with Crippen molar-refractivity contribution in [2.75, 3.05) is 12.8 Å². The van der Waals surface area contributed by atoms with Crippen molar-refractivity contribution >= 4 is 39.5 Å². The van der Waals surface area contributed by atoms with Gasteiger partial charge in [0.25, 0.3) is 0 Å². The molecule has 1 atom stereocenters. The average Bonchev–Trinajstić information content (AvgIpc) is 2.82. The Hall–Kier alpha value is -2.57. The molecule has 0 fully saturated rings. The summed E-state index contributed by atoms with van der Waals surface area (Å²) in [7, 11) is 1.62. The molecule has 33 heavy (non-hydrogen) atoms. The van der Waals surface area contributed by atoms with Gasteiger partial charge in [-0.25, -0.2) is 0 Å². The van der Waals surface area contributed by atoms with E-state index in [9.17, 15) is 9.59 Å². The molecule has 2 amide bonds. The number of likely N-dealkylation sites (N-methyl/N-ethyl adjacent to an activating group) is 1. The van der Waals surface area contributed by atoms with Crippen LogP contribution in [0, 0.1) is 6.92 Å². The molecule has 3 aromatic carbocycles. The molecule has 0 saturated heterocycles. The molecule has 0 saturated carbocycles. The van der Waals surface area contributed by atoms with E-state index in [4.69, 9.17) is 0 Å². The summed E-state index contributed by atoms with van der Waals surface area (Å²) in [5, 5.41) is 2.76. The molecule has 3 rings (SSSR count). The normalized spacial score (nSPS) is 11.6. The first kappa shape index (κ1) is 25.1. The zero-order valence-corrected chi connectivity index (χ0v) is 21.4. The largest absolute Gasteiger partial charge is 0.357 e. The van der Waals surface area contributed by atoms with Crippen molar-refractivity contribution in [2.24, 2.45) is 0 Å². The van der Waals surface area contributed by atoms with E-state index >= 15 is 0 Å². The van der Waals surface area contributed by atoms with E-state index in [1.165, 1.54) is 11.1 Å². The van der Waals surface area contributed by atoms with Gasteiger partial charge in [0.2, 0.25) is 11.8 Å². The van der Waals surface area contributed by atoms with Gasteiger partial charge < -0.3 is 10.2 Å². The Labute approximate surface area is 208 Å². The summed E-state index contributed by atoms with van der Waals surface area (Å²) in [5.41, 5.74) is 4.40. The predicted octanol–water partition coefficient (Wildman–Crippen LogP) is 5.38. The highest BCUT2D eigenvalue weighted by molar-refractivity contribution is 9.10. The second kappa shape index (κ2) is 12.6. The zero-order chi connectivity index (χ0) is 23.6. The second-order valence-corrected chi connectivity index (χ2v) is 9.85. The van der Waals surface area contributed by atoms with E-state index < -0.39 is 6.04 Å². The number of nitrogens with one attached hydrogen (secondary N) is 1. The number of hydrogen-bond donors (Lipinski definition) is 1.